The normalized spacial score (nSPS) is 24.2. The minimum absolute atomic E-state index is 0. The monoisotopic (exact) mass is 464 g/mol. The van der Waals surface area contributed by atoms with E-state index in [0.717, 1.165) is 31.2 Å². The molecule has 2 aromatic rings. The van der Waals surface area contributed by atoms with Crippen LogP contribution < -0.4 is 16.4 Å². The number of nitrogens with two attached hydrogens (primary N) is 1. The van der Waals surface area contributed by atoms with Crippen molar-refractivity contribution in [1.82, 2.24) is 10.3 Å². The summed E-state index contributed by atoms with van der Waals surface area (Å²) in [5.74, 6) is 0.958. The molecule has 2 atom stereocenters. The number of rotatable bonds is 5. The van der Waals surface area contributed by atoms with E-state index in [1.165, 1.54) is 6.42 Å². The number of nitrogens with one attached hydrogen (secondary N) is 2. The maximum atomic E-state index is 12.7. The molecule has 6 nitrogen and oxygen atoms in total. The van der Waals surface area contributed by atoms with Gasteiger partial charge in [-0.2, -0.15) is 0 Å². The zero-order valence-corrected chi connectivity index (χ0v) is 19.0. The topological polar surface area (TPSA) is 97.1 Å². The molecule has 0 radical (unpaired) electrons. The summed E-state index contributed by atoms with van der Waals surface area (Å²) >= 11 is 0. The SMILES string of the molecule is Cl.Cl.NC1C2CCCC1CC(C(=O)NCc1cccc(C(=O)Nc3ccncc3)c1)C2. The third-order valence-corrected chi connectivity index (χ3v) is 6.38. The van der Waals surface area contributed by atoms with Gasteiger partial charge in [0.25, 0.3) is 5.91 Å². The van der Waals surface area contributed by atoms with E-state index in [1.54, 1.807) is 30.6 Å². The Morgan fingerprint density at radius 3 is 2.39 bits per heavy atom. The number of halogens is 2. The minimum Gasteiger partial charge on any atom is -0.352 e. The minimum atomic E-state index is -0.182. The molecule has 0 saturated heterocycles. The van der Waals surface area contributed by atoms with Gasteiger partial charge in [0.05, 0.1) is 0 Å². The lowest BCUT2D eigenvalue weighted by molar-refractivity contribution is -0.128. The van der Waals surface area contributed by atoms with Crippen LogP contribution in [0.15, 0.2) is 48.8 Å². The van der Waals surface area contributed by atoms with Crippen molar-refractivity contribution in [3.05, 3.63) is 59.9 Å². The fourth-order valence-electron chi connectivity index (χ4n) is 4.80. The van der Waals surface area contributed by atoms with Crippen LogP contribution in [0.5, 0.6) is 0 Å². The zero-order chi connectivity index (χ0) is 20.2. The van der Waals surface area contributed by atoms with Crippen LogP contribution in [0, 0.1) is 17.8 Å². The van der Waals surface area contributed by atoms with E-state index < -0.39 is 0 Å². The van der Waals surface area contributed by atoms with Gasteiger partial charge < -0.3 is 16.4 Å². The Balaban J connectivity index is 0.00000171. The zero-order valence-electron chi connectivity index (χ0n) is 17.3. The Labute approximate surface area is 195 Å². The summed E-state index contributed by atoms with van der Waals surface area (Å²) < 4.78 is 0. The molecular weight excluding hydrogens is 435 g/mol. The Bertz CT molecular complexity index is 867. The summed E-state index contributed by atoms with van der Waals surface area (Å²) in [5.41, 5.74) is 8.51. The molecule has 2 aliphatic rings. The molecule has 8 heteroatoms. The fraction of sp³-hybridized carbons (Fsp3) is 0.435. The van der Waals surface area contributed by atoms with E-state index in [-0.39, 0.29) is 48.6 Å². The molecule has 4 rings (SSSR count). The molecule has 1 heterocycles. The van der Waals surface area contributed by atoms with E-state index in [1.807, 2.05) is 18.2 Å². The average molecular weight is 465 g/mol. The van der Waals surface area contributed by atoms with E-state index >= 15 is 0 Å². The van der Waals surface area contributed by atoms with Gasteiger partial charge in [-0.1, -0.05) is 18.6 Å². The third kappa shape index (κ3) is 6.19. The van der Waals surface area contributed by atoms with Gasteiger partial charge in [0.1, 0.15) is 0 Å². The lowest BCUT2D eigenvalue weighted by Gasteiger charge is -2.43. The Morgan fingerprint density at radius 2 is 1.71 bits per heavy atom. The van der Waals surface area contributed by atoms with E-state index in [0.29, 0.717) is 29.6 Å². The molecule has 2 unspecified atom stereocenters. The molecule has 2 amide bonds. The van der Waals surface area contributed by atoms with Gasteiger partial charge >= 0.3 is 0 Å². The number of amides is 2. The van der Waals surface area contributed by atoms with Gasteiger partial charge in [0.15, 0.2) is 0 Å². The molecule has 2 fully saturated rings. The van der Waals surface area contributed by atoms with Gasteiger partial charge in [0.2, 0.25) is 5.91 Å². The van der Waals surface area contributed by atoms with Crippen LogP contribution in [0.25, 0.3) is 0 Å². The van der Waals surface area contributed by atoms with Crippen molar-refractivity contribution in [2.75, 3.05) is 5.32 Å². The molecule has 1 aromatic heterocycles. The second kappa shape index (κ2) is 11.5. The summed E-state index contributed by atoms with van der Waals surface area (Å²) in [6.45, 7) is 0.424. The van der Waals surface area contributed by atoms with Gasteiger partial charge in [-0.15, -0.1) is 24.8 Å². The largest absolute Gasteiger partial charge is 0.352 e. The molecule has 0 aliphatic heterocycles. The van der Waals surface area contributed by atoms with Crippen LogP contribution >= 0.6 is 24.8 Å². The molecular formula is C23H30Cl2N4O2. The van der Waals surface area contributed by atoms with E-state index in [2.05, 4.69) is 15.6 Å². The van der Waals surface area contributed by atoms with Gasteiger partial charge in [0, 0.05) is 42.1 Å². The number of anilines is 1. The predicted octanol–water partition coefficient (Wildman–Crippen LogP) is 3.95. The fourth-order valence-corrected chi connectivity index (χ4v) is 4.80. The summed E-state index contributed by atoms with van der Waals surface area (Å²) in [6, 6.07) is 11.1. The number of hydrogen-bond donors (Lipinski definition) is 3. The van der Waals surface area contributed by atoms with Crippen LogP contribution in [-0.4, -0.2) is 22.8 Å². The molecule has 2 aliphatic carbocycles. The molecule has 2 saturated carbocycles. The van der Waals surface area contributed by atoms with Crippen LogP contribution in [0.2, 0.25) is 0 Å². The highest BCUT2D eigenvalue weighted by atomic mass is 35.5. The highest BCUT2D eigenvalue weighted by Gasteiger charge is 2.40. The number of aromatic nitrogens is 1. The van der Waals surface area contributed by atoms with Crippen LogP contribution in [0.3, 0.4) is 0 Å². The van der Waals surface area contributed by atoms with Crippen molar-refractivity contribution in [3.63, 3.8) is 0 Å². The lowest BCUT2D eigenvalue weighted by atomic mass is 9.65. The van der Waals surface area contributed by atoms with Crippen LogP contribution in [-0.2, 0) is 11.3 Å². The first-order chi connectivity index (χ1) is 14.1. The summed E-state index contributed by atoms with van der Waals surface area (Å²) in [6.07, 6.45) is 8.61. The van der Waals surface area contributed by atoms with Crippen molar-refractivity contribution in [2.45, 2.75) is 44.7 Å². The van der Waals surface area contributed by atoms with Gasteiger partial charge in [-0.25, -0.2) is 0 Å². The quantitative estimate of drug-likeness (QED) is 0.623. The Hall–Kier alpha value is -2.15. The second-order valence-corrected chi connectivity index (χ2v) is 8.30. The second-order valence-electron chi connectivity index (χ2n) is 8.30. The molecule has 1 aromatic carbocycles. The molecule has 2 bridgehead atoms. The van der Waals surface area contributed by atoms with Crippen molar-refractivity contribution < 1.29 is 9.59 Å². The van der Waals surface area contributed by atoms with Crippen molar-refractivity contribution in [1.29, 1.82) is 0 Å². The standard InChI is InChI=1S/C23H28N4O2.2ClH/c24-21-16-4-2-5-17(21)13-19(12-16)22(28)26-14-15-3-1-6-18(11-15)23(29)27-20-7-9-25-10-8-20;;/h1,3,6-11,16-17,19,21H,2,4-5,12-14,24H2,(H,26,28)(H,25,27,29);2*1H. The van der Waals surface area contributed by atoms with E-state index in [4.69, 9.17) is 5.73 Å². The maximum absolute atomic E-state index is 12.7. The third-order valence-electron chi connectivity index (χ3n) is 6.38. The highest BCUT2D eigenvalue weighted by molar-refractivity contribution is 6.04. The summed E-state index contributed by atoms with van der Waals surface area (Å²) in [5, 5.41) is 5.92. The smallest absolute Gasteiger partial charge is 0.255 e. The molecule has 168 valence electrons. The van der Waals surface area contributed by atoms with Crippen molar-refractivity contribution >= 4 is 42.3 Å². The Morgan fingerprint density at radius 1 is 1.03 bits per heavy atom. The number of pyridine rings is 1. The average Bonchev–Trinajstić information content (AvgIpc) is 2.73. The molecule has 0 spiro atoms. The number of carbonyl (C=O) groups is 2. The first-order valence-electron chi connectivity index (χ1n) is 10.4. The summed E-state index contributed by atoms with van der Waals surface area (Å²) in [4.78, 5) is 29.1. The van der Waals surface area contributed by atoms with Gasteiger partial charge in [-0.05, 0) is 67.3 Å². The Kier molecular flexibility index (Phi) is 9.29. The van der Waals surface area contributed by atoms with Crippen LogP contribution in [0.1, 0.15) is 48.0 Å². The summed E-state index contributed by atoms with van der Waals surface area (Å²) in [7, 11) is 0. The first-order valence-corrected chi connectivity index (χ1v) is 10.4. The van der Waals surface area contributed by atoms with E-state index in [9.17, 15) is 9.59 Å². The van der Waals surface area contributed by atoms with Crippen molar-refractivity contribution in [3.8, 4) is 0 Å². The number of benzene rings is 1. The molecule has 31 heavy (non-hydrogen) atoms. The predicted molar refractivity (Wildman–Crippen MR) is 127 cm³/mol. The molecule has 4 N–H and O–H groups in total. The number of fused-ring (bicyclic) bond motifs is 2. The van der Waals surface area contributed by atoms with Crippen LogP contribution in [0.4, 0.5) is 5.69 Å². The lowest BCUT2D eigenvalue weighted by Crippen LogP contribution is -2.49. The first kappa shape index (κ1) is 25.1. The number of nitrogens with zero attached hydrogens (tertiary/aromatic N) is 1. The van der Waals surface area contributed by atoms with Crippen molar-refractivity contribution in [2.24, 2.45) is 23.5 Å². The number of hydrogen-bond acceptors (Lipinski definition) is 4. The maximum Gasteiger partial charge on any atom is 0.255 e. The number of carbonyl (C=O) groups excluding carboxylic acids is 2. The van der Waals surface area contributed by atoms with Gasteiger partial charge in [-0.3, -0.25) is 14.6 Å². The highest BCUT2D eigenvalue weighted by Crippen LogP contribution is 2.41.